The Morgan fingerprint density at radius 1 is 0.312 bits per heavy atom. The molecule has 1 heteroatoms. The van der Waals surface area contributed by atoms with Gasteiger partial charge in [-0.25, -0.2) is 0 Å². The highest BCUT2D eigenvalue weighted by atomic mass is 15.3. The van der Waals surface area contributed by atoms with E-state index in [1.54, 1.807) is 0 Å². The molecular formula is C31H66N+. The third-order valence-corrected chi connectivity index (χ3v) is 7.87. The molecule has 32 heavy (non-hydrogen) atoms. The molecule has 0 saturated heterocycles. The Kier molecular flexibility index (Phi) is 25.5. The van der Waals surface area contributed by atoms with Gasteiger partial charge in [-0.2, -0.15) is 0 Å². The molecule has 194 valence electrons. The predicted molar refractivity (Wildman–Crippen MR) is 149 cm³/mol. The highest BCUT2D eigenvalue weighted by Gasteiger charge is 2.17. The number of rotatable bonds is 27. The van der Waals surface area contributed by atoms with Gasteiger partial charge in [-0.15, -0.1) is 0 Å². The monoisotopic (exact) mass is 453 g/mol. The molecule has 0 aliphatic carbocycles. The van der Waals surface area contributed by atoms with Crippen molar-refractivity contribution in [1.29, 1.82) is 0 Å². The Morgan fingerprint density at radius 2 is 0.531 bits per heavy atom. The van der Waals surface area contributed by atoms with Crippen molar-refractivity contribution in [1.82, 2.24) is 0 Å². The van der Waals surface area contributed by atoms with Gasteiger partial charge in [0, 0.05) is 0 Å². The third-order valence-electron chi connectivity index (χ3n) is 7.87. The summed E-state index contributed by atoms with van der Waals surface area (Å²) in [6.07, 6.45) is 35.0. The zero-order valence-corrected chi connectivity index (χ0v) is 23.5. The Hall–Kier alpha value is -0.0400. The first-order valence-electron chi connectivity index (χ1n) is 15.5. The van der Waals surface area contributed by atoms with Crippen molar-refractivity contribution in [3.8, 4) is 0 Å². The van der Waals surface area contributed by atoms with Crippen molar-refractivity contribution in [2.24, 2.45) is 0 Å². The lowest BCUT2D eigenvalue weighted by atomic mass is 10.0. The molecule has 0 saturated carbocycles. The van der Waals surface area contributed by atoms with E-state index in [1.165, 1.54) is 178 Å². The summed E-state index contributed by atoms with van der Waals surface area (Å²) in [4.78, 5) is 0. The minimum Gasteiger partial charge on any atom is -0.326 e. The maximum atomic E-state index is 2.51. The molecule has 0 fully saturated rings. The van der Waals surface area contributed by atoms with E-state index in [-0.39, 0.29) is 0 Å². The molecule has 0 atom stereocenters. The maximum absolute atomic E-state index is 2.51. The van der Waals surface area contributed by atoms with E-state index >= 15 is 0 Å². The van der Waals surface area contributed by atoms with Crippen LogP contribution in [-0.2, 0) is 0 Å². The van der Waals surface area contributed by atoms with E-state index in [0.717, 1.165) is 0 Å². The topological polar surface area (TPSA) is 0 Å². The maximum Gasteiger partial charge on any atom is 0.0784 e. The van der Waals surface area contributed by atoms with Crippen LogP contribution < -0.4 is 0 Å². The first-order valence-corrected chi connectivity index (χ1v) is 15.5. The van der Waals surface area contributed by atoms with E-state index in [9.17, 15) is 0 Å². The van der Waals surface area contributed by atoms with Crippen molar-refractivity contribution in [2.45, 2.75) is 175 Å². The molecule has 0 rings (SSSR count). The van der Waals surface area contributed by atoms with Crippen molar-refractivity contribution >= 4 is 0 Å². The van der Waals surface area contributed by atoms with Crippen molar-refractivity contribution in [3.63, 3.8) is 0 Å². The quantitative estimate of drug-likeness (QED) is 0.0858. The summed E-state index contributed by atoms with van der Waals surface area (Å²) in [5, 5.41) is 0. The van der Waals surface area contributed by atoms with Gasteiger partial charge in [-0.05, 0) is 32.6 Å². The van der Waals surface area contributed by atoms with Crippen LogP contribution in [0.25, 0.3) is 0 Å². The van der Waals surface area contributed by atoms with E-state index in [0.29, 0.717) is 0 Å². The summed E-state index contributed by atoms with van der Waals surface area (Å²) >= 11 is 0. The number of hydrogen-bond donors (Lipinski definition) is 0. The van der Waals surface area contributed by atoms with Crippen molar-refractivity contribution < 1.29 is 4.48 Å². The summed E-state index contributed by atoms with van der Waals surface area (Å²) in [7, 11) is 2.51. The van der Waals surface area contributed by atoms with Gasteiger partial charge in [0.1, 0.15) is 0 Å². The molecule has 0 amide bonds. The van der Waals surface area contributed by atoms with Crippen LogP contribution >= 0.6 is 0 Å². The first kappa shape index (κ1) is 32.0. The summed E-state index contributed by atoms with van der Waals surface area (Å²) < 4.78 is 1.32. The number of nitrogens with zero attached hydrogens (tertiary/aromatic N) is 1. The lowest BCUT2D eigenvalue weighted by Gasteiger charge is -2.33. The van der Waals surface area contributed by atoms with Gasteiger partial charge in [0.05, 0.1) is 26.7 Å². The van der Waals surface area contributed by atoms with Crippen LogP contribution in [0.2, 0.25) is 0 Å². The lowest BCUT2D eigenvalue weighted by Crippen LogP contribution is -2.45. The number of unbranched alkanes of at least 4 members (excludes halogenated alkanes) is 22. The zero-order valence-electron chi connectivity index (χ0n) is 23.5. The predicted octanol–water partition coefficient (Wildman–Crippen LogP) is 10.9. The van der Waals surface area contributed by atoms with Crippen LogP contribution in [0.4, 0.5) is 0 Å². The molecule has 0 aromatic heterocycles. The molecule has 0 spiro atoms. The first-order chi connectivity index (χ1) is 15.7. The Labute approximate surface area is 206 Å². The van der Waals surface area contributed by atoms with E-state index < -0.39 is 0 Å². The molecule has 0 unspecified atom stereocenters. The lowest BCUT2D eigenvalue weighted by molar-refractivity contribution is -0.908. The summed E-state index contributed by atoms with van der Waals surface area (Å²) in [6.45, 7) is 11.2. The molecule has 0 radical (unpaired) electrons. The van der Waals surface area contributed by atoms with Crippen LogP contribution in [0.3, 0.4) is 0 Å². The third kappa shape index (κ3) is 23.1. The fourth-order valence-corrected chi connectivity index (χ4v) is 5.10. The van der Waals surface area contributed by atoms with Gasteiger partial charge in [-0.3, -0.25) is 0 Å². The van der Waals surface area contributed by atoms with Gasteiger partial charge in [0.2, 0.25) is 0 Å². The average molecular weight is 453 g/mol. The van der Waals surface area contributed by atoms with Crippen LogP contribution in [0.15, 0.2) is 0 Å². The van der Waals surface area contributed by atoms with Crippen LogP contribution in [0, 0.1) is 0 Å². The standard InChI is InChI=1S/C31H66N/c1-5-8-10-12-14-16-18-20-22-24-26-28-30-32(4,7-3)31-29-27-25-23-21-19-17-15-13-11-9-6-2/h5-31H2,1-4H3/q+1. The molecular weight excluding hydrogens is 386 g/mol. The van der Waals surface area contributed by atoms with E-state index in [4.69, 9.17) is 0 Å². The van der Waals surface area contributed by atoms with Crippen LogP contribution in [0.5, 0.6) is 0 Å². The van der Waals surface area contributed by atoms with Gasteiger partial charge < -0.3 is 4.48 Å². The zero-order chi connectivity index (χ0) is 23.6. The van der Waals surface area contributed by atoms with Crippen LogP contribution in [0.1, 0.15) is 175 Å². The molecule has 1 nitrogen and oxygen atoms in total. The largest absolute Gasteiger partial charge is 0.326 e. The minimum absolute atomic E-state index is 1.32. The Morgan fingerprint density at radius 3 is 0.750 bits per heavy atom. The molecule has 0 aliphatic rings. The molecule has 0 N–H and O–H groups in total. The van der Waals surface area contributed by atoms with Gasteiger partial charge in [0.25, 0.3) is 0 Å². The second-order valence-electron chi connectivity index (χ2n) is 11.2. The second-order valence-corrected chi connectivity index (χ2v) is 11.2. The summed E-state index contributed by atoms with van der Waals surface area (Å²) in [5.74, 6) is 0. The summed E-state index contributed by atoms with van der Waals surface area (Å²) in [6, 6.07) is 0. The highest BCUT2D eigenvalue weighted by molar-refractivity contribution is 4.51. The average Bonchev–Trinajstić information content (AvgIpc) is 2.80. The normalized spacial score (nSPS) is 12.0. The second kappa shape index (κ2) is 25.6. The molecule has 0 heterocycles. The Balaban J connectivity index is 3.43. The molecule has 0 bridgehead atoms. The molecule has 0 aromatic rings. The minimum atomic E-state index is 1.32. The van der Waals surface area contributed by atoms with Crippen LogP contribution in [-0.4, -0.2) is 31.2 Å². The van der Waals surface area contributed by atoms with Gasteiger partial charge in [0.15, 0.2) is 0 Å². The fraction of sp³-hybridized carbons (Fsp3) is 1.00. The smallest absolute Gasteiger partial charge is 0.0784 e. The van der Waals surface area contributed by atoms with Gasteiger partial charge >= 0.3 is 0 Å². The summed E-state index contributed by atoms with van der Waals surface area (Å²) in [5.41, 5.74) is 0. The molecule has 0 aromatic carbocycles. The van der Waals surface area contributed by atoms with Gasteiger partial charge in [-0.1, -0.05) is 142 Å². The fourth-order valence-electron chi connectivity index (χ4n) is 5.10. The van der Waals surface area contributed by atoms with Crippen molar-refractivity contribution in [2.75, 3.05) is 26.7 Å². The SMILES string of the molecule is CCCCCCCCCCCCCC[N+](C)(CC)CCCCCCCCCCCCCC. The van der Waals surface area contributed by atoms with Crippen molar-refractivity contribution in [3.05, 3.63) is 0 Å². The molecule has 0 aliphatic heterocycles. The van der Waals surface area contributed by atoms with E-state index in [1.807, 2.05) is 0 Å². The number of quaternary nitrogens is 1. The Bertz CT molecular complexity index is 309. The van der Waals surface area contributed by atoms with E-state index in [2.05, 4.69) is 27.8 Å². The highest BCUT2D eigenvalue weighted by Crippen LogP contribution is 2.16. The number of hydrogen-bond acceptors (Lipinski definition) is 0.